The van der Waals surface area contributed by atoms with Crippen LogP contribution in [0.25, 0.3) is 5.57 Å². The molecule has 2 fully saturated rings. The summed E-state index contributed by atoms with van der Waals surface area (Å²) in [5.74, 6) is -0.889. The molecule has 0 unspecified atom stereocenters. The molecule has 9 heteroatoms. The maximum absolute atomic E-state index is 14.5. The molecule has 2 aliphatic carbocycles. The van der Waals surface area contributed by atoms with Crippen molar-refractivity contribution in [3.8, 4) is 5.75 Å². The third-order valence-corrected chi connectivity index (χ3v) is 10.1. The first-order valence-corrected chi connectivity index (χ1v) is 17.0. The van der Waals surface area contributed by atoms with Crippen molar-refractivity contribution in [2.75, 3.05) is 33.4 Å². The third kappa shape index (κ3) is 7.44. The molecule has 0 radical (unpaired) electrons. The van der Waals surface area contributed by atoms with Gasteiger partial charge in [0.25, 0.3) is 5.91 Å². The van der Waals surface area contributed by atoms with Crippen LogP contribution in [0.3, 0.4) is 0 Å². The Kier molecular flexibility index (Phi) is 10.6. The summed E-state index contributed by atoms with van der Waals surface area (Å²) in [4.78, 5) is 16.6. The molecule has 1 saturated heterocycles. The molecule has 244 valence electrons. The third-order valence-electron chi connectivity index (χ3n) is 9.41. The largest absolute Gasteiger partial charge is 0.489 e. The van der Waals surface area contributed by atoms with Crippen LogP contribution >= 0.6 is 23.2 Å². The van der Waals surface area contributed by atoms with E-state index in [9.17, 15) is 13.6 Å². The van der Waals surface area contributed by atoms with E-state index in [0.29, 0.717) is 36.9 Å². The predicted molar refractivity (Wildman–Crippen MR) is 178 cm³/mol. The Morgan fingerprint density at radius 1 is 0.935 bits per heavy atom. The number of nitrogens with zero attached hydrogens (tertiary/aromatic N) is 1. The van der Waals surface area contributed by atoms with Gasteiger partial charge in [-0.1, -0.05) is 59.6 Å². The van der Waals surface area contributed by atoms with Gasteiger partial charge in [-0.25, -0.2) is 8.78 Å². The quantitative estimate of drug-likeness (QED) is 0.140. The molecule has 3 aromatic rings. The average molecular weight is 670 g/mol. The van der Waals surface area contributed by atoms with Crippen LogP contribution in [0.1, 0.15) is 54.4 Å². The minimum Gasteiger partial charge on any atom is -0.489 e. The van der Waals surface area contributed by atoms with Gasteiger partial charge in [0, 0.05) is 49.4 Å². The summed E-state index contributed by atoms with van der Waals surface area (Å²) >= 11 is 12.6. The summed E-state index contributed by atoms with van der Waals surface area (Å²) in [5.41, 5.74) is 6.49. The van der Waals surface area contributed by atoms with E-state index in [-0.39, 0.29) is 35.2 Å². The Morgan fingerprint density at radius 3 is 2.41 bits per heavy atom. The lowest BCUT2D eigenvalue weighted by Crippen LogP contribution is -2.36. The van der Waals surface area contributed by atoms with Crippen LogP contribution in [0, 0.1) is 23.5 Å². The molecule has 2 atom stereocenters. The van der Waals surface area contributed by atoms with Gasteiger partial charge in [-0.05, 0) is 103 Å². The number of halogens is 4. The van der Waals surface area contributed by atoms with Crippen LogP contribution < -0.4 is 10.1 Å². The second-order valence-corrected chi connectivity index (χ2v) is 13.4. The van der Waals surface area contributed by atoms with Gasteiger partial charge in [0.1, 0.15) is 10.8 Å². The SMILES string of the molecule is COCCCc1ccc(Cl)c(CN(C(=O)C2=C(c3ccc(CCCOc4c(F)ccc(F)c4Cl)cc3)C[C@H]3CNC[C@@H]23)C2CC2)c1. The summed E-state index contributed by atoms with van der Waals surface area (Å²) in [5, 5.41) is 3.87. The van der Waals surface area contributed by atoms with Gasteiger partial charge in [-0.15, -0.1) is 0 Å². The van der Waals surface area contributed by atoms with Crippen LogP contribution in [0.5, 0.6) is 5.75 Å². The van der Waals surface area contributed by atoms with Crippen molar-refractivity contribution >= 4 is 34.7 Å². The molecule has 1 heterocycles. The molecule has 0 aromatic heterocycles. The summed E-state index contributed by atoms with van der Waals surface area (Å²) in [6.07, 6.45) is 6.06. The van der Waals surface area contributed by atoms with Crippen LogP contribution in [0.15, 0.2) is 60.2 Å². The van der Waals surface area contributed by atoms with E-state index in [1.165, 1.54) is 5.56 Å². The number of carbonyl (C=O) groups excluding carboxylic acids is 1. The highest BCUT2D eigenvalue weighted by Crippen LogP contribution is 2.46. The molecule has 5 nitrogen and oxygen atoms in total. The predicted octanol–water partition coefficient (Wildman–Crippen LogP) is 8.05. The van der Waals surface area contributed by atoms with E-state index in [4.69, 9.17) is 32.7 Å². The minimum atomic E-state index is -0.709. The topological polar surface area (TPSA) is 50.8 Å². The number of nitrogens with one attached hydrogen (secondary N) is 1. The van der Waals surface area contributed by atoms with Crippen LogP contribution in [-0.4, -0.2) is 50.3 Å². The van der Waals surface area contributed by atoms with Gasteiger partial charge < -0.3 is 19.7 Å². The monoisotopic (exact) mass is 668 g/mol. The Hall–Kier alpha value is -2.97. The molecule has 46 heavy (non-hydrogen) atoms. The van der Waals surface area contributed by atoms with E-state index in [1.54, 1.807) is 7.11 Å². The Bertz CT molecular complexity index is 1590. The highest BCUT2D eigenvalue weighted by Gasteiger charge is 2.44. The van der Waals surface area contributed by atoms with Crippen molar-refractivity contribution in [3.63, 3.8) is 0 Å². The van der Waals surface area contributed by atoms with E-state index in [1.807, 2.05) is 6.07 Å². The number of fused-ring (bicyclic) bond motifs is 1. The first-order valence-electron chi connectivity index (χ1n) is 16.2. The fourth-order valence-corrected chi connectivity index (χ4v) is 7.21. The molecular formula is C37H40Cl2F2N2O3. The lowest BCUT2D eigenvalue weighted by molar-refractivity contribution is -0.128. The van der Waals surface area contributed by atoms with Gasteiger partial charge >= 0.3 is 0 Å². The van der Waals surface area contributed by atoms with Gasteiger partial charge in [0.15, 0.2) is 11.6 Å². The van der Waals surface area contributed by atoms with Gasteiger partial charge in [-0.3, -0.25) is 4.79 Å². The molecule has 3 aromatic carbocycles. The fourth-order valence-electron chi connectivity index (χ4n) is 6.82. The van der Waals surface area contributed by atoms with Crippen molar-refractivity contribution in [1.29, 1.82) is 0 Å². The van der Waals surface area contributed by atoms with Crippen molar-refractivity contribution < 1.29 is 23.0 Å². The Labute approximate surface area is 279 Å². The summed E-state index contributed by atoms with van der Waals surface area (Å²) in [7, 11) is 1.72. The number of carbonyl (C=O) groups is 1. The van der Waals surface area contributed by atoms with E-state index in [2.05, 4.69) is 46.6 Å². The number of allylic oxidation sites excluding steroid dienone is 1. The molecule has 0 bridgehead atoms. The van der Waals surface area contributed by atoms with E-state index in [0.717, 1.165) is 85.2 Å². The molecule has 6 rings (SSSR count). The lowest BCUT2D eigenvalue weighted by atomic mass is 9.93. The van der Waals surface area contributed by atoms with Crippen LogP contribution in [0.2, 0.25) is 10.0 Å². The zero-order valence-corrected chi connectivity index (χ0v) is 27.6. The molecule has 1 aliphatic heterocycles. The van der Waals surface area contributed by atoms with Gasteiger partial charge in [-0.2, -0.15) is 0 Å². The standard InChI is InChI=1S/C37H40Cl2F2N2O3/c1-45-16-2-5-24-8-13-31(38)27(18-24)22-43(28-11-12-28)37(44)34-29(19-26-20-42-21-30(26)34)25-9-6-23(7-10-25)4-3-17-46-36-33(41)15-14-32(40)35(36)39/h6-10,13-15,18,26,28,30,42H,2-5,11-12,16-17,19-22H2,1H3/t26-,30+/m0/s1. The van der Waals surface area contributed by atoms with E-state index >= 15 is 0 Å². The number of rotatable bonds is 14. The maximum Gasteiger partial charge on any atom is 0.250 e. The molecule has 3 aliphatic rings. The number of amides is 1. The van der Waals surface area contributed by atoms with Gasteiger partial charge in [0.05, 0.1) is 6.61 Å². The highest BCUT2D eigenvalue weighted by atomic mass is 35.5. The minimum absolute atomic E-state index is 0.138. The molecular weight excluding hydrogens is 629 g/mol. The number of hydrogen-bond acceptors (Lipinski definition) is 4. The normalized spacial score (nSPS) is 19.1. The average Bonchev–Trinajstić information content (AvgIpc) is 3.69. The highest BCUT2D eigenvalue weighted by molar-refractivity contribution is 6.32. The summed E-state index contributed by atoms with van der Waals surface area (Å²) < 4.78 is 38.4. The Morgan fingerprint density at radius 2 is 1.65 bits per heavy atom. The molecule has 1 amide bonds. The number of ether oxygens (including phenoxy) is 2. The first-order chi connectivity index (χ1) is 22.3. The zero-order valence-electron chi connectivity index (χ0n) is 26.1. The zero-order chi connectivity index (χ0) is 32.2. The summed E-state index contributed by atoms with van der Waals surface area (Å²) in [6, 6.07) is 16.8. The second-order valence-electron chi connectivity index (χ2n) is 12.6. The second kappa shape index (κ2) is 14.8. The van der Waals surface area contributed by atoms with Crippen molar-refractivity contribution in [1.82, 2.24) is 10.2 Å². The lowest BCUT2D eigenvalue weighted by Gasteiger charge is -2.27. The van der Waals surface area contributed by atoms with Crippen molar-refractivity contribution in [2.45, 2.75) is 57.5 Å². The molecule has 1 saturated carbocycles. The van der Waals surface area contributed by atoms with Crippen LogP contribution in [0.4, 0.5) is 8.78 Å². The number of methoxy groups -OCH3 is 1. The number of hydrogen-bond donors (Lipinski definition) is 1. The maximum atomic E-state index is 14.5. The summed E-state index contributed by atoms with van der Waals surface area (Å²) in [6.45, 7) is 3.16. The van der Waals surface area contributed by atoms with Crippen molar-refractivity contribution in [2.24, 2.45) is 11.8 Å². The number of benzene rings is 3. The smallest absolute Gasteiger partial charge is 0.250 e. The number of aryl methyl sites for hydroxylation is 2. The van der Waals surface area contributed by atoms with E-state index < -0.39 is 11.6 Å². The first kappa shape index (κ1) is 33.0. The Balaban J connectivity index is 1.17. The van der Waals surface area contributed by atoms with Crippen LogP contribution in [-0.2, 0) is 28.9 Å². The molecule has 1 N–H and O–H groups in total. The van der Waals surface area contributed by atoms with Crippen molar-refractivity contribution in [3.05, 3.63) is 104 Å². The fraction of sp³-hybridized carbons (Fsp3) is 0.432. The molecule has 0 spiro atoms. The van der Waals surface area contributed by atoms with Gasteiger partial charge in [0.2, 0.25) is 0 Å².